The lowest BCUT2D eigenvalue weighted by Gasteiger charge is -2.39. The molecule has 5 aromatic carbocycles. The van der Waals surface area contributed by atoms with Gasteiger partial charge in [-0.15, -0.1) is 0 Å². The smallest absolute Gasteiger partial charge is 0.199 e. The van der Waals surface area contributed by atoms with E-state index in [0.717, 1.165) is 76.9 Å². The van der Waals surface area contributed by atoms with Gasteiger partial charge in [0, 0.05) is 24.2 Å². The Hall–Kier alpha value is -4.94. The second-order valence-electron chi connectivity index (χ2n) is 11.4. The van der Waals surface area contributed by atoms with Crippen LogP contribution in [0.2, 0.25) is 0 Å². The summed E-state index contributed by atoms with van der Waals surface area (Å²) >= 11 is 0. The molecule has 1 fully saturated rings. The molecule has 0 saturated carbocycles. The first-order valence-electron chi connectivity index (χ1n) is 15.7. The van der Waals surface area contributed by atoms with Crippen LogP contribution in [0.3, 0.4) is 0 Å². The van der Waals surface area contributed by atoms with Crippen molar-refractivity contribution in [2.75, 3.05) is 18.1 Å². The van der Waals surface area contributed by atoms with Crippen LogP contribution < -0.4 is 23.8 Å². The van der Waals surface area contributed by atoms with E-state index in [1.54, 1.807) is 0 Å². The van der Waals surface area contributed by atoms with E-state index >= 15 is 0 Å². The number of anilines is 2. The molecule has 45 heavy (non-hydrogen) atoms. The summed E-state index contributed by atoms with van der Waals surface area (Å²) in [4.78, 5) is 2.33. The number of fused-ring (bicyclic) bond motifs is 1. The molecule has 2 aliphatic heterocycles. The van der Waals surface area contributed by atoms with E-state index in [4.69, 9.17) is 23.7 Å². The van der Waals surface area contributed by atoms with Crippen LogP contribution in [0.5, 0.6) is 23.0 Å². The van der Waals surface area contributed by atoms with E-state index in [-0.39, 0.29) is 12.3 Å². The van der Waals surface area contributed by atoms with Crippen LogP contribution in [0.25, 0.3) is 0 Å². The minimum atomic E-state index is -0.213. The number of nitrogens with zero attached hydrogens (tertiary/aromatic N) is 1. The summed E-state index contributed by atoms with van der Waals surface area (Å²) in [6.45, 7) is 2.23. The molecule has 2 heterocycles. The summed E-state index contributed by atoms with van der Waals surface area (Å²) in [5.41, 5.74) is 5.36. The third-order valence-electron chi connectivity index (χ3n) is 8.16. The summed E-state index contributed by atoms with van der Waals surface area (Å²) in [7, 11) is 0. The molecule has 0 amide bonds. The van der Waals surface area contributed by atoms with Gasteiger partial charge in [0.05, 0.1) is 18.3 Å². The molecule has 1 unspecified atom stereocenters. The molecule has 0 radical (unpaired) electrons. The fourth-order valence-electron chi connectivity index (χ4n) is 5.80. The van der Waals surface area contributed by atoms with Gasteiger partial charge in [-0.2, -0.15) is 0 Å². The lowest BCUT2D eigenvalue weighted by Crippen LogP contribution is -2.33. The van der Waals surface area contributed by atoms with Crippen LogP contribution in [0.15, 0.2) is 127 Å². The van der Waals surface area contributed by atoms with Crippen molar-refractivity contribution in [1.82, 2.24) is 0 Å². The number of ether oxygens (including phenoxy) is 5. The van der Waals surface area contributed by atoms with Crippen LogP contribution in [0.1, 0.15) is 42.0 Å². The maximum Gasteiger partial charge on any atom is 0.199 e. The first kappa shape index (κ1) is 28.8. The first-order valence-corrected chi connectivity index (χ1v) is 15.7. The highest BCUT2D eigenvalue weighted by molar-refractivity contribution is 5.74. The molecule has 0 spiro atoms. The zero-order valence-corrected chi connectivity index (χ0v) is 25.2. The summed E-state index contributed by atoms with van der Waals surface area (Å²) in [6, 6.07) is 42.9. The van der Waals surface area contributed by atoms with Crippen molar-refractivity contribution < 1.29 is 23.7 Å². The number of rotatable bonds is 10. The molecular formula is C39H37NO5. The molecule has 6 nitrogen and oxygen atoms in total. The standard InChI is InChI=1S/C39H37NO5/c1-3-10-29(11-4-1)26-42-33-19-17-31(18-20-33)37-28-44-38-25-34(43-27-30-12-5-2-6-13-30)21-22-36(38)40(37)32-14-9-15-35(24-32)45-39-16-7-8-23-41-39/h1-6,9-15,17-22,24-25,37,39H,7-8,16,23,26-28H2/t37-,39?/m0/s1. The largest absolute Gasteiger partial charge is 0.489 e. The molecule has 228 valence electrons. The van der Waals surface area contributed by atoms with E-state index in [1.807, 2.05) is 72.8 Å². The van der Waals surface area contributed by atoms with Gasteiger partial charge in [-0.3, -0.25) is 0 Å². The van der Waals surface area contributed by atoms with Crippen molar-refractivity contribution in [1.29, 1.82) is 0 Å². The zero-order valence-electron chi connectivity index (χ0n) is 25.2. The highest BCUT2D eigenvalue weighted by atomic mass is 16.7. The first-order chi connectivity index (χ1) is 22.3. The molecule has 2 aliphatic rings. The highest BCUT2D eigenvalue weighted by Gasteiger charge is 2.31. The van der Waals surface area contributed by atoms with Crippen LogP contribution in [-0.2, 0) is 18.0 Å². The van der Waals surface area contributed by atoms with Gasteiger partial charge in [0.2, 0.25) is 0 Å². The van der Waals surface area contributed by atoms with Gasteiger partial charge in [-0.05, 0) is 65.9 Å². The number of hydrogen-bond acceptors (Lipinski definition) is 6. The Morgan fingerprint density at radius 3 is 2.07 bits per heavy atom. The fourth-order valence-corrected chi connectivity index (χ4v) is 5.80. The van der Waals surface area contributed by atoms with Crippen LogP contribution in [0, 0.1) is 0 Å². The molecule has 0 aromatic heterocycles. The fraction of sp³-hybridized carbons (Fsp3) is 0.231. The molecule has 7 rings (SSSR count). The third-order valence-corrected chi connectivity index (χ3v) is 8.16. The molecular weight excluding hydrogens is 562 g/mol. The zero-order chi connectivity index (χ0) is 30.3. The molecule has 0 N–H and O–H groups in total. The third kappa shape index (κ3) is 7.08. The van der Waals surface area contributed by atoms with Crippen LogP contribution in [-0.4, -0.2) is 19.5 Å². The summed E-state index contributed by atoms with van der Waals surface area (Å²) in [5, 5.41) is 0. The Balaban J connectivity index is 1.16. The van der Waals surface area contributed by atoms with E-state index < -0.39 is 0 Å². The second kappa shape index (κ2) is 13.8. The summed E-state index contributed by atoms with van der Waals surface area (Å²) in [6.07, 6.45) is 2.88. The molecule has 2 atom stereocenters. The monoisotopic (exact) mass is 599 g/mol. The van der Waals surface area contributed by atoms with E-state index in [1.165, 1.54) is 0 Å². The maximum absolute atomic E-state index is 6.42. The summed E-state index contributed by atoms with van der Waals surface area (Å²) < 4.78 is 30.8. The Morgan fingerprint density at radius 1 is 0.644 bits per heavy atom. The molecule has 0 bridgehead atoms. The maximum atomic E-state index is 6.42. The van der Waals surface area contributed by atoms with Gasteiger partial charge < -0.3 is 28.6 Å². The lowest BCUT2D eigenvalue weighted by atomic mass is 10.0. The van der Waals surface area contributed by atoms with Crippen molar-refractivity contribution in [2.45, 2.75) is 44.8 Å². The molecule has 1 saturated heterocycles. The lowest BCUT2D eigenvalue weighted by molar-refractivity contribution is -0.105. The van der Waals surface area contributed by atoms with Crippen LogP contribution in [0.4, 0.5) is 11.4 Å². The number of hydrogen-bond donors (Lipinski definition) is 0. The Morgan fingerprint density at radius 2 is 1.36 bits per heavy atom. The normalized spacial score (nSPS) is 17.6. The Kier molecular flexibility index (Phi) is 8.83. The topological polar surface area (TPSA) is 49.4 Å². The van der Waals surface area contributed by atoms with Crippen molar-refractivity contribution >= 4 is 11.4 Å². The van der Waals surface area contributed by atoms with Gasteiger partial charge in [0.25, 0.3) is 0 Å². The average molecular weight is 600 g/mol. The minimum absolute atomic E-state index is 0.0714. The van der Waals surface area contributed by atoms with Crippen molar-refractivity contribution in [2.24, 2.45) is 0 Å². The van der Waals surface area contributed by atoms with Crippen LogP contribution >= 0.6 is 0 Å². The second-order valence-corrected chi connectivity index (χ2v) is 11.4. The van der Waals surface area contributed by atoms with Gasteiger partial charge in [-0.25, -0.2) is 0 Å². The van der Waals surface area contributed by atoms with E-state index in [9.17, 15) is 0 Å². The molecule has 0 aliphatic carbocycles. The van der Waals surface area contributed by atoms with Crippen molar-refractivity contribution in [3.05, 3.63) is 144 Å². The van der Waals surface area contributed by atoms with Crippen molar-refractivity contribution in [3.8, 4) is 23.0 Å². The van der Waals surface area contributed by atoms with Crippen molar-refractivity contribution in [3.63, 3.8) is 0 Å². The minimum Gasteiger partial charge on any atom is -0.489 e. The molecule has 6 heteroatoms. The Labute approximate surface area is 264 Å². The van der Waals surface area contributed by atoms with E-state index in [2.05, 4.69) is 59.5 Å². The number of benzene rings is 5. The predicted molar refractivity (Wildman–Crippen MR) is 175 cm³/mol. The Bertz CT molecular complexity index is 1670. The SMILES string of the molecule is c1ccc(COc2ccc([C@@H]3COc4cc(OCc5ccccc5)ccc4N3c3cccc(OC4CCCCO4)c3)cc2)cc1. The predicted octanol–water partition coefficient (Wildman–Crippen LogP) is 9.02. The van der Waals surface area contributed by atoms with Gasteiger partial charge >= 0.3 is 0 Å². The van der Waals surface area contributed by atoms with Gasteiger partial charge in [0.15, 0.2) is 6.29 Å². The van der Waals surface area contributed by atoms with E-state index in [0.29, 0.717) is 19.8 Å². The van der Waals surface area contributed by atoms with Gasteiger partial charge in [-0.1, -0.05) is 78.9 Å². The van der Waals surface area contributed by atoms with Gasteiger partial charge in [0.1, 0.15) is 42.8 Å². The molecule has 5 aromatic rings. The highest BCUT2D eigenvalue weighted by Crippen LogP contribution is 2.46. The average Bonchev–Trinajstić information content (AvgIpc) is 3.11. The summed E-state index contributed by atoms with van der Waals surface area (Å²) in [5.74, 6) is 3.16. The quantitative estimate of drug-likeness (QED) is 0.160.